The molecule has 140 valence electrons. The van der Waals surface area contributed by atoms with Crippen LogP contribution in [0.4, 0.5) is 0 Å². The summed E-state index contributed by atoms with van der Waals surface area (Å²) in [6.07, 6.45) is 11.3. The van der Waals surface area contributed by atoms with Gasteiger partial charge < -0.3 is 5.11 Å². The zero-order valence-electron chi connectivity index (χ0n) is 15.2. The molecule has 26 heavy (non-hydrogen) atoms. The number of rotatable bonds is 6. The van der Waals surface area contributed by atoms with Gasteiger partial charge >= 0.3 is 5.97 Å². The summed E-state index contributed by atoms with van der Waals surface area (Å²) in [5, 5.41) is 8.99. The first-order valence-corrected chi connectivity index (χ1v) is 10.5. The molecule has 1 aliphatic carbocycles. The second-order valence-corrected chi connectivity index (χ2v) is 8.39. The number of benzene rings is 1. The van der Waals surface area contributed by atoms with Gasteiger partial charge in [-0.3, -0.25) is 0 Å². The van der Waals surface area contributed by atoms with E-state index in [1.165, 1.54) is 29.7 Å². The van der Waals surface area contributed by atoms with E-state index in [1.54, 1.807) is 6.07 Å². The Hall–Kier alpha value is -1.58. The minimum atomic E-state index is -0.822. The molecule has 1 saturated carbocycles. The first-order chi connectivity index (χ1) is 12.6. The average Bonchev–Trinajstić information content (AvgIpc) is 3.26. The van der Waals surface area contributed by atoms with Gasteiger partial charge in [-0.2, -0.15) is 0 Å². The summed E-state index contributed by atoms with van der Waals surface area (Å²) in [6, 6.07) is 14.1. The summed E-state index contributed by atoms with van der Waals surface area (Å²) in [4.78, 5) is 12.0. The molecule has 0 spiro atoms. The van der Waals surface area contributed by atoms with Crippen molar-refractivity contribution in [2.75, 3.05) is 0 Å². The number of hydrogen-bond donors (Lipinski definition) is 1. The van der Waals surface area contributed by atoms with Gasteiger partial charge in [-0.1, -0.05) is 55.8 Å². The number of carboxylic acids is 1. The van der Waals surface area contributed by atoms with Crippen molar-refractivity contribution in [1.29, 1.82) is 0 Å². The van der Waals surface area contributed by atoms with Gasteiger partial charge in [0.2, 0.25) is 0 Å². The summed E-state index contributed by atoms with van der Waals surface area (Å²) in [6.45, 7) is 2.08. The van der Waals surface area contributed by atoms with Crippen molar-refractivity contribution in [3.63, 3.8) is 0 Å². The topological polar surface area (TPSA) is 37.3 Å². The maximum Gasteiger partial charge on any atom is 0.345 e. The SMILES string of the molecule is CCCc1ccc(C(=O)O)s1.ClC1CCC(C=CCc2ccccc2)C1. The molecule has 3 rings (SSSR count). The molecular formula is C22H27ClO2S. The predicted octanol–water partition coefficient (Wildman–Crippen LogP) is 6.59. The first kappa shape index (κ1) is 20.7. The summed E-state index contributed by atoms with van der Waals surface area (Å²) < 4.78 is 0. The van der Waals surface area contributed by atoms with Gasteiger partial charge in [0, 0.05) is 10.3 Å². The molecule has 2 nitrogen and oxygen atoms in total. The Morgan fingerprint density at radius 2 is 2.00 bits per heavy atom. The van der Waals surface area contributed by atoms with Crippen molar-refractivity contribution in [3.8, 4) is 0 Å². The van der Waals surface area contributed by atoms with E-state index in [2.05, 4.69) is 49.4 Å². The molecule has 1 aromatic carbocycles. The lowest BCUT2D eigenvalue weighted by Crippen LogP contribution is -1.91. The molecule has 1 N–H and O–H groups in total. The third-order valence-corrected chi connectivity index (χ3v) is 5.91. The maximum absolute atomic E-state index is 10.4. The molecular weight excluding hydrogens is 364 g/mol. The van der Waals surface area contributed by atoms with Crippen LogP contribution in [0.3, 0.4) is 0 Å². The van der Waals surface area contributed by atoms with E-state index in [4.69, 9.17) is 16.7 Å². The zero-order chi connectivity index (χ0) is 18.8. The van der Waals surface area contributed by atoms with Crippen LogP contribution in [0.25, 0.3) is 0 Å². The Bertz CT molecular complexity index is 693. The molecule has 0 aliphatic heterocycles. The Labute approximate surface area is 165 Å². The van der Waals surface area contributed by atoms with Crippen LogP contribution in [0.2, 0.25) is 0 Å². The van der Waals surface area contributed by atoms with Crippen LogP contribution >= 0.6 is 22.9 Å². The largest absolute Gasteiger partial charge is 0.477 e. The number of carbonyl (C=O) groups is 1. The zero-order valence-corrected chi connectivity index (χ0v) is 16.8. The standard InChI is InChI=1S/C14H17Cl.C8H10O2S/c15-14-10-9-13(11-14)8-4-7-12-5-2-1-3-6-12;1-2-3-6-4-5-7(11-6)8(9)10/h1-6,8,13-14H,7,9-11H2;4-5H,2-3H2,1H3,(H,9,10). The van der Waals surface area contributed by atoms with Gasteiger partial charge in [0.1, 0.15) is 4.88 Å². The van der Waals surface area contributed by atoms with E-state index in [-0.39, 0.29) is 0 Å². The van der Waals surface area contributed by atoms with Gasteiger partial charge in [-0.15, -0.1) is 22.9 Å². The van der Waals surface area contributed by atoms with Crippen molar-refractivity contribution < 1.29 is 9.90 Å². The lowest BCUT2D eigenvalue weighted by Gasteiger charge is -2.01. The smallest absolute Gasteiger partial charge is 0.345 e. The fourth-order valence-corrected chi connectivity index (χ4v) is 4.32. The number of thiophene rings is 1. The van der Waals surface area contributed by atoms with Crippen LogP contribution in [-0.4, -0.2) is 16.5 Å². The molecule has 0 bridgehead atoms. The van der Waals surface area contributed by atoms with Crippen molar-refractivity contribution in [2.45, 2.75) is 50.8 Å². The second-order valence-electron chi connectivity index (χ2n) is 6.61. The van der Waals surface area contributed by atoms with Crippen molar-refractivity contribution >= 4 is 28.9 Å². The van der Waals surface area contributed by atoms with E-state index in [1.807, 2.05) is 6.07 Å². The molecule has 1 aromatic heterocycles. The molecule has 1 heterocycles. The normalized spacial score (nSPS) is 19.3. The fourth-order valence-electron chi connectivity index (χ4n) is 3.02. The monoisotopic (exact) mass is 390 g/mol. The number of aryl methyl sites for hydroxylation is 1. The lowest BCUT2D eigenvalue weighted by atomic mass is 10.1. The molecule has 0 radical (unpaired) electrons. The van der Waals surface area contributed by atoms with Crippen molar-refractivity contribution in [2.24, 2.45) is 5.92 Å². The Morgan fingerprint density at radius 1 is 1.23 bits per heavy atom. The quantitative estimate of drug-likeness (QED) is 0.446. The van der Waals surface area contributed by atoms with Crippen molar-refractivity contribution in [3.05, 3.63) is 69.9 Å². The van der Waals surface area contributed by atoms with E-state index >= 15 is 0 Å². The summed E-state index contributed by atoms with van der Waals surface area (Å²) in [5.41, 5.74) is 1.38. The van der Waals surface area contributed by atoms with Gasteiger partial charge in [0.05, 0.1) is 0 Å². The highest BCUT2D eigenvalue weighted by Crippen LogP contribution is 2.30. The van der Waals surface area contributed by atoms with Crippen LogP contribution in [0.1, 0.15) is 52.7 Å². The van der Waals surface area contributed by atoms with E-state index in [0.29, 0.717) is 10.3 Å². The molecule has 4 heteroatoms. The molecule has 2 aromatic rings. The number of aromatic carboxylic acids is 1. The van der Waals surface area contributed by atoms with Gasteiger partial charge in [-0.05, 0) is 55.7 Å². The summed E-state index contributed by atoms with van der Waals surface area (Å²) in [5.74, 6) is -0.103. The van der Waals surface area contributed by atoms with Crippen molar-refractivity contribution in [1.82, 2.24) is 0 Å². The highest BCUT2D eigenvalue weighted by molar-refractivity contribution is 7.13. The third-order valence-electron chi connectivity index (χ3n) is 4.38. The van der Waals surface area contributed by atoms with Crippen LogP contribution in [0, 0.1) is 5.92 Å². The molecule has 0 saturated heterocycles. The Morgan fingerprint density at radius 3 is 2.58 bits per heavy atom. The van der Waals surface area contributed by atoms with Gasteiger partial charge in [0.15, 0.2) is 0 Å². The molecule has 2 unspecified atom stereocenters. The number of alkyl halides is 1. The number of halogens is 1. The number of carboxylic acid groups (broad SMARTS) is 1. The first-order valence-electron chi connectivity index (χ1n) is 9.25. The van der Waals surface area contributed by atoms with Gasteiger partial charge in [-0.25, -0.2) is 4.79 Å². The third kappa shape index (κ3) is 7.35. The molecule has 2 atom stereocenters. The molecule has 1 fully saturated rings. The highest BCUT2D eigenvalue weighted by Gasteiger charge is 2.20. The molecule has 0 amide bonds. The fraction of sp³-hybridized carbons (Fsp3) is 0.409. The van der Waals surface area contributed by atoms with Crippen LogP contribution in [-0.2, 0) is 12.8 Å². The second kappa shape index (κ2) is 11.2. The minimum Gasteiger partial charge on any atom is -0.477 e. The van der Waals surface area contributed by atoms with E-state index in [0.717, 1.165) is 36.5 Å². The number of hydrogen-bond acceptors (Lipinski definition) is 2. The maximum atomic E-state index is 10.4. The number of allylic oxidation sites excluding steroid dienone is 2. The van der Waals surface area contributed by atoms with Crippen LogP contribution < -0.4 is 0 Å². The predicted molar refractivity (Wildman–Crippen MR) is 112 cm³/mol. The minimum absolute atomic E-state index is 0.413. The summed E-state index contributed by atoms with van der Waals surface area (Å²) >= 11 is 7.43. The van der Waals surface area contributed by atoms with Gasteiger partial charge in [0.25, 0.3) is 0 Å². The van der Waals surface area contributed by atoms with E-state index < -0.39 is 5.97 Å². The van der Waals surface area contributed by atoms with E-state index in [9.17, 15) is 4.79 Å². The Kier molecular flexibility index (Phi) is 8.93. The van der Waals surface area contributed by atoms with Crippen LogP contribution in [0.15, 0.2) is 54.6 Å². The Balaban J connectivity index is 0.000000197. The summed E-state index contributed by atoms with van der Waals surface area (Å²) in [7, 11) is 0. The van der Waals surface area contributed by atoms with Crippen LogP contribution in [0.5, 0.6) is 0 Å². The highest BCUT2D eigenvalue weighted by atomic mass is 35.5. The lowest BCUT2D eigenvalue weighted by molar-refractivity contribution is 0.0702. The average molecular weight is 391 g/mol. The molecule has 1 aliphatic rings.